The molecule has 0 spiro atoms. The Bertz CT molecular complexity index is 1200. The predicted molar refractivity (Wildman–Crippen MR) is 126 cm³/mol. The van der Waals surface area contributed by atoms with Crippen molar-refractivity contribution in [2.45, 2.75) is 20.3 Å². The van der Waals surface area contributed by atoms with Gasteiger partial charge in [0.2, 0.25) is 0 Å². The SMILES string of the molecule is C=C/C(F)=C\C=C(\COc1ccc(Cc2cc(-c3ccc(N)nc3N)on2)cc1F)C(C)C. The topological polar surface area (TPSA) is 100 Å². The van der Waals surface area contributed by atoms with Crippen LogP contribution in [0.4, 0.5) is 20.4 Å². The van der Waals surface area contributed by atoms with Crippen LogP contribution in [0.2, 0.25) is 0 Å². The Kier molecular flexibility index (Phi) is 7.61. The first-order chi connectivity index (χ1) is 15.8. The standard InChI is InChI=1S/C25H26F2N4O2/c1-4-18(26)7-6-17(15(2)3)14-32-22-9-5-16(12-21(22)27)11-19-13-23(33-31-19)20-8-10-24(28)30-25(20)29/h4-10,12-13,15H,1,11,14H2,2-3H3,(H4,28,29,30)/b17-6-,18-7+. The van der Waals surface area contributed by atoms with Gasteiger partial charge in [0.05, 0.1) is 11.3 Å². The number of anilines is 2. The Morgan fingerprint density at radius 3 is 2.64 bits per heavy atom. The van der Waals surface area contributed by atoms with Gasteiger partial charge < -0.3 is 20.7 Å². The third-order valence-electron chi connectivity index (χ3n) is 4.94. The van der Waals surface area contributed by atoms with E-state index >= 15 is 0 Å². The van der Waals surface area contributed by atoms with E-state index in [1.54, 1.807) is 36.4 Å². The minimum Gasteiger partial charge on any atom is -0.486 e. The average Bonchev–Trinajstić information content (AvgIpc) is 3.22. The summed E-state index contributed by atoms with van der Waals surface area (Å²) in [6.45, 7) is 7.42. The molecular weight excluding hydrogens is 426 g/mol. The van der Waals surface area contributed by atoms with Gasteiger partial charge in [-0.05, 0) is 53.5 Å². The molecule has 3 aromatic rings. The van der Waals surface area contributed by atoms with E-state index in [0.29, 0.717) is 34.8 Å². The molecule has 2 heterocycles. The molecule has 0 amide bonds. The number of rotatable bonds is 9. The zero-order valence-electron chi connectivity index (χ0n) is 18.5. The fraction of sp³-hybridized carbons (Fsp3) is 0.200. The number of benzene rings is 1. The van der Waals surface area contributed by atoms with Crippen LogP contribution in [0.5, 0.6) is 5.75 Å². The first-order valence-corrected chi connectivity index (χ1v) is 10.3. The third-order valence-corrected chi connectivity index (χ3v) is 4.94. The number of nitrogen functional groups attached to an aromatic ring is 2. The third kappa shape index (κ3) is 6.29. The van der Waals surface area contributed by atoms with Gasteiger partial charge in [-0.3, -0.25) is 0 Å². The van der Waals surface area contributed by atoms with Gasteiger partial charge in [0.25, 0.3) is 0 Å². The van der Waals surface area contributed by atoms with Crippen molar-refractivity contribution in [1.82, 2.24) is 10.1 Å². The Balaban J connectivity index is 1.68. The van der Waals surface area contributed by atoms with Crippen LogP contribution in [0, 0.1) is 11.7 Å². The van der Waals surface area contributed by atoms with Crippen molar-refractivity contribution in [2.75, 3.05) is 18.1 Å². The minimum atomic E-state index is -0.501. The Morgan fingerprint density at radius 1 is 1.18 bits per heavy atom. The van der Waals surface area contributed by atoms with Crippen molar-refractivity contribution in [3.63, 3.8) is 0 Å². The molecular formula is C25H26F2N4O2. The molecule has 0 unspecified atom stereocenters. The molecule has 0 aliphatic carbocycles. The maximum Gasteiger partial charge on any atom is 0.170 e. The summed E-state index contributed by atoms with van der Waals surface area (Å²) in [5.74, 6) is 0.264. The van der Waals surface area contributed by atoms with Crippen LogP contribution in [-0.4, -0.2) is 16.7 Å². The Labute approximate surface area is 191 Å². The summed E-state index contributed by atoms with van der Waals surface area (Å²) in [6, 6.07) is 9.75. The number of pyridine rings is 1. The molecule has 0 fully saturated rings. The number of hydrogen-bond acceptors (Lipinski definition) is 6. The molecule has 0 saturated heterocycles. The van der Waals surface area contributed by atoms with Crippen LogP contribution in [0.15, 0.2) is 77.1 Å². The Hall–Kier alpha value is -3.94. The summed E-state index contributed by atoms with van der Waals surface area (Å²) in [4.78, 5) is 4.00. The number of nitrogens with two attached hydrogens (primary N) is 2. The van der Waals surface area contributed by atoms with Crippen LogP contribution < -0.4 is 16.2 Å². The second-order valence-corrected chi connectivity index (χ2v) is 7.73. The van der Waals surface area contributed by atoms with Gasteiger partial charge in [0.1, 0.15) is 24.1 Å². The molecule has 0 atom stereocenters. The predicted octanol–water partition coefficient (Wildman–Crippen LogP) is 5.63. The van der Waals surface area contributed by atoms with Gasteiger partial charge >= 0.3 is 0 Å². The van der Waals surface area contributed by atoms with E-state index in [1.165, 1.54) is 12.1 Å². The van der Waals surface area contributed by atoms with Crippen molar-refractivity contribution >= 4 is 11.6 Å². The molecule has 3 rings (SSSR count). The molecule has 0 saturated carbocycles. The van der Waals surface area contributed by atoms with Gasteiger partial charge in [0.15, 0.2) is 17.3 Å². The fourth-order valence-corrected chi connectivity index (χ4v) is 3.02. The summed E-state index contributed by atoms with van der Waals surface area (Å²) in [5.41, 5.74) is 14.2. The van der Waals surface area contributed by atoms with Gasteiger partial charge in [0, 0.05) is 12.5 Å². The minimum absolute atomic E-state index is 0.104. The van der Waals surface area contributed by atoms with E-state index in [4.69, 9.17) is 20.7 Å². The van der Waals surface area contributed by atoms with Gasteiger partial charge in [-0.1, -0.05) is 37.7 Å². The van der Waals surface area contributed by atoms with Crippen molar-refractivity contribution < 1.29 is 18.0 Å². The van der Waals surface area contributed by atoms with Crippen molar-refractivity contribution in [3.8, 4) is 17.1 Å². The fourth-order valence-electron chi connectivity index (χ4n) is 3.02. The maximum absolute atomic E-state index is 14.6. The van der Waals surface area contributed by atoms with E-state index < -0.39 is 11.6 Å². The molecule has 33 heavy (non-hydrogen) atoms. The zero-order valence-corrected chi connectivity index (χ0v) is 18.5. The highest BCUT2D eigenvalue weighted by Crippen LogP contribution is 2.27. The first-order valence-electron chi connectivity index (χ1n) is 10.3. The lowest BCUT2D eigenvalue weighted by atomic mass is 10.0. The van der Waals surface area contributed by atoms with Crippen LogP contribution in [-0.2, 0) is 6.42 Å². The van der Waals surface area contributed by atoms with Crippen molar-refractivity contribution in [3.05, 3.63) is 89.7 Å². The second-order valence-electron chi connectivity index (χ2n) is 7.73. The highest BCUT2D eigenvalue weighted by atomic mass is 19.1. The molecule has 8 heteroatoms. The molecule has 0 bridgehead atoms. The van der Waals surface area contributed by atoms with Gasteiger partial charge in [-0.2, -0.15) is 0 Å². The van der Waals surface area contributed by atoms with Gasteiger partial charge in [-0.15, -0.1) is 0 Å². The highest BCUT2D eigenvalue weighted by molar-refractivity contribution is 5.71. The maximum atomic E-state index is 14.6. The summed E-state index contributed by atoms with van der Waals surface area (Å²) >= 11 is 0. The average molecular weight is 453 g/mol. The smallest absolute Gasteiger partial charge is 0.170 e. The summed E-state index contributed by atoms with van der Waals surface area (Å²) in [5, 5.41) is 4.03. The first kappa shape index (κ1) is 23.7. The lowest BCUT2D eigenvalue weighted by molar-refractivity contribution is 0.321. The quantitative estimate of drug-likeness (QED) is 0.408. The van der Waals surface area contributed by atoms with Gasteiger partial charge in [-0.25, -0.2) is 13.8 Å². The van der Waals surface area contributed by atoms with Crippen LogP contribution in [0.3, 0.4) is 0 Å². The molecule has 0 radical (unpaired) electrons. The van der Waals surface area contributed by atoms with E-state index in [9.17, 15) is 8.78 Å². The molecule has 172 valence electrons. The summed E-state index contributed by atoms with van der Waals surface area (Å²) in [7, 11) is 0. The lowest BCUT2D eigenvalue weighted by Gasteiger charge is -2.13. The zero-order chi connectivity index (χ0) is 24.0. The van der Waals surface area contributed by atoms with E-state index in [2.05, 4.69) is 16.7 Å². The van der Waals surface area contributed by atoms with Crippen molar-refractivity contribution in [1.29, 1.82) is 0 Å². The molecule has 0 aliphatic heterocycles. The molecule has 2 aromatic heterocycles. The largest absolute Gasteiger partial charge is 0.486 e. The number of allylic oxidation sites excluding steroid dienone is 4. The van der Waals surface area contributed by atoms with Crippen LogP contribution in [0.1, 0.15) is 25.1 Å². The highest BCUT2D eigenvalue weighted by Gasteiger charge is 2.13. The number of ether oxygens (including phenoxy) is 1. The van der Waals surface area contributed by atoms with Crippen molar-refractivity contribution in [2.24, 2.45) is 5.92 Å². The van der Waals surface area contributed by atoms with E-state index in [0.717, 1.165) is 11.6 Å². The van der Waals surface area contributed by atoms with Crippen LogP contribution >= 0.6 is 0 Å². The molecule has 0 aliphatic rings. The number of aromatic nitrogens is 2. The summed E-state index contributed by atoms with van der Waals surface area (Å²) < 4.78 is 38.9. The molecule has 1 aromatic carbocycles. The Morgan fingerprint density at radius 2 is 1.97 bits per heavy atom. The van der Waals surface area contributed by atoms with E-state index in [-0.39, 0.29) is 24.1 Å². The lowest BCUT2D eigenvalue weighted by Crippen LogP contribution is -2.07. The monoisotopic (exact) mass is 452 g/mol. The number of hydrogen-bond donors (Lipinski definition) is 2. The summed E-state index contributed by atoms with van der Waals surface area (Å²) in [6.07, 6.45) is 4.41. The second kappa shape index (κ2) is 10.6. The molecule has 4 N–H and O–H groups in total. The van der Waals surface area contributed by atoms with Crippen LogP contribution in [0.25, 0.3) is 11.3 Å². The number of nitrogens with zero attached hydrogens (tertiary/aromatic N) is 2. The number of halogens is 2. The normalized spacial score (nSPS) is 12.3. The van der Waals surface area contributed by atoms with E-state index in [1.807, 2.05) is 13.8 Å². The molecule has 6 nitrogen and oxygen atoms in total.